The molecule has 0 aliphatic heterocycles. The van der Waals surface area contributed by atoms with Gasteiger partial charge in [-0.15, -0.1) is 0 Å². The average Bonchev–Trinajstić information content (AvgIpc) is 2.64. The molecule has 3 rings (SSSR count). The van der Waals surface area contributed by atoms with Crippen molar-refractivity contribution in [2.75, 3.05) is 6.61 Å². The third kappa shape index (κ3) is 3.93. The summed E-state index contributed by atoms with van der Waals surface area (Å²) in [6.45, 7) is 4.63. The average molecular weight is 336 g/mol. The highest BCUT2D eigenvalue weighted by Gasteiger charge is 2.14. The zero-order chi connectivity index (χ0) is 17.6. The van der Waals surface area contributed by atoms with Crippen LogP contribution in [0.3, 0.4) is 0 Å². The first-order valence-electron chi connectivity index (χ1n) is 9.02. The van der Waals surface area contributed by atoms with Gasteiger partial charge in [-0.25, -0.2) is 4.79 Å². The van der Waals surface area contributed by atoms with E-state index in [1.165, 1.54) is 5.56 Å². The van der Waals surface area contributed by atoms with Gasteiger partial charge >= 0.3 is 6.16 Å². The zero-order valence-electron chi connectivity index (χ0n) is 14.9. The number of carbonyl (C=O) groups excluding carboxylic acids is 1. The molecule has 0 aliphatic carbocycles. The Morgan fingerprint density at radius 2 is 1.72 bits per heavy atom. The lowest BCUT2D eigenvalue weighted by Crippen LogP contribution is -2.12. The number of unbranched alkanes of at least 4 members (excludes halogenated alkanes) is 2. The van der Waals surface area contributed by atoms with Crippen LogP contribution >= 0.6 is 0 Å². The predicted octanol–water partition coefficient (Wildman–Crippen LogP) is 6.26. The number of hydrogen-bond acceptors (Lipinski definition) is 3. The second-order valence-corrected chi connectivity index (χ2v) is 6.24. The van der Waals surface area contributed by atoms with Crippen LogP contribution in [0.25, 0.3) is 21.5 Å². The van der Waals surface area contributed by atoms with Crippen LogP contribution in [0.1, 0.15) is 38.7 Å². The normalized spacial score (nSPS) is 11.0. The Labute approximate surface area is 148 Å². The maximum absolute atomic E-state index is 12.2. The van der Waals surface area contributed by atoms with Gasteiger partial charge in [0.15, 0.2) is 0 Å². The van der Waals surface area contributed by atoms with Crippen LogP contribution in [-0.4, -0.2) is 12.8 Å². The molecule has 0 N–H and O–H groups in total. The Morgan fingerprint density at radius 1 is 0.920 bits per heavy atom. The van der Waals surface area contributed by atoms with Crippen molar-refractivity contribution in [3.8, 4) is 5.75 Å². The van der Waals surface area contributed by atoms with E-state index in [4.69, 9.17) is 9.47 Å². The fraction of sp³-hybridized carbons (Fsp3) is 0.318. The summed E-state index contributed by atoms with van der Waals surface area (Å²) in [6.07, 6.45) is 3.30. The molecule has 0 radical (unpaired) electrons. The fourth-order valence-corrected chi connectivity index (χ4v) is 3.02. The van der Waals surface area contributed by atoms with Gasteiger partial charge in [0, 0.05) is 10.8 Å². The highest BCUT2D eigenvalue weighted by Crippen LogP contribution is 2.35. The van der Waals surface area contributed by atoms with Crippen molar-refractivity contribution in [3.05, 3.63) is 54.1 Å². The summed E-state index contributed by atoms with van der Waals surface area (Å²) in [6, 6.07) is 16.4. The maximum atomic E-state index is 12.2. The molecule has 3 heteroatoms. The van der Waals surface area contributed by atoms with Crippen LogP contribution < -0.4 is 4.74 Å². The van der Waals surface area contributed by atoms with Crippen LogP contribution in [0.5, 0.6) is 5.75 Å². The van der Waals surface area contributed by atoms with Gasteiger partial charge in [0.2, 0.25) is 0 Å². The van der Waals surface area contributed by atoms with Crippen molar-refractivity contribution in [1.82, 2.24) is 0 Å². The molecule has 0 atom stereocenters. The van der Waals surface area contributed by atoms with E-state index in [0.717, 1.165) is 47.2 Å². The van der Waals surface area contributed by atoms with E-state index >= 15 is 0 Å². The molecule has 0 saturated carbocycles. The highest BCUT2D eigenvalue weighted by molar-refractivity contribution is 6.06. The molecule has 3 nitrogen and oxygen atoms in total. The number of carbonyl (C=O) groups is 1. The summed E-state index contributed by atoms with van der Waals surface area (Å²) in [5, 5.41) is 3.98. The Bertz CT molecular complexity index is 883. The molecule has 25 heavy (non-hydrogen) atoms. The van der Waals surface area contributed by atoms with Crippen LogP contribution in [0, 0.1) is 0 Å². The molecular formula is C22H24O3. The third-order valence-corrected chi connectivity index (χ3v) is 4.44. The van der Waals surface area contributed by atoms with Gasteiger partial charge in [-0.05, 0) is 41.3 Å². The molecule has 0 saturated heterocycles. The molecule has 0 unspecified atom stereocenters. The van der Waals surface area contributed by atoms with E-state index < -0.39 is 6.16 Å². The molecule has 0 spiro atoms. The van der Waals surface area contributed by atoms with Gasteiger partial charge in [0.1, 0.15) is 5.75 Å². The van der Waals surface area contributed by atoms with Crippen molar-refractivity contribution in [1.29, 1.82) is 0 Å². The third-order valence-electron chi connectivity index (χ3n) is 4.44. The molecule has 0 heterocycles. The smallest absolute Gasteiger partial charge is 0.434 e. The van der Waals surface area contributed by atoms with E-state index in [1.807, 2.05) is 24.3 Å². The number of benzene rings is 3. The summed E-state index contributed by atoms with van der Waals surface area (Å²) >= 11 is 0. The molecule has 0 aliphatic rings. The van der Waals surface area contributed by atoms with Gasteiger partial charge in [-0.1, -0.05) is 63.1 Å². The topological polar surface area (TPSA) is 35.5 Å². The number of aryl methyl sites for hydroxylation is 1. The van der Waals surface area contributed by atoms with Crippen molar-refractivity contribution in [3.63, 3.8) is 0 Å². The first-order valence-corrected chi connectivity index (χ1v) is 9.02. The van der Waals surface area contributed by atoms with Gasteiger partial charge < -0.3 is 9.47 Å². The zero-order valence-corrected chi connectivity index (χ0v) is 14.9. The molecule has 0 fully saturated rings. The summed E-state index contributed by atoms with van der Waals surface area (Å²) in [7, 11) is 0. The van der Waals surface area contributed by atoms with Gasteiger partial charge in [-0.2, -0.15) is 0 Å². The minimum absolute atomic E-state index is 0.398. The first-order chi connectivity index (χ1) is 12.2. The lowest BCUT2D eigenvalue weighted by molar-refractivity contribution is 0.0984. The SMILES string of the molecule is CCCCCOC(=O)Oc1c2ccccc2cc2ccc(CC)cc12. The summed E-state index contributed by atoms with van der Waals surface area (Å²) in [5.74, 6) is 0.587. The summed E-state index contributed by atoms with van der Waals surface area (Å²) in [4.78, 5) is 12.2. The van der Waals surface area contributed by atoms with E-state index in [0.29, 0.717) is 12.4 Å². The molecular weight excluding hydrogens is 312 g/mol. The number of rotatable bonds is 6. The molecule has 0 bridgehead atoms. The van der Waals surface area contributed by atoms with Crippen LogP contribution in [0.15, 0.2) is 48.5 Å². The van der Waals surface area contributed by atoms with Gasteiger partial charge in [0.05, 0.1) is 6.61 Å². The monoisotopic (exact) mass is 336 g/mol. The molecule has 0 aromatic heterocycles. The van der Waals surface area contributed by atoms with E-state index in [-0.39, 0.29) is 0 Å². The summed E-state index contributed by atoms with van der Waals surface area (Å²) < 4.78 is 10.9. The fourth-order valence-electron chi connectivity index (χ4n) is 3.02. The Hall–Kier alpha value is -2.55. The van der Waals surface area contributed by atoms with Crippen molar-refractivity contribution in [2.24, 2.45) is 0 Å². The van der Waals surface area contributed by atoms with E-state index in [2.05, 4.69) is 38.1 Å². The minimum Gasteiger partial charge on any atom is -0.434 e. The second-order valence-electron chi connectivity index (χ2n) is 6.24. The molecule has 130 valence electrons. The molecule has 3 aromatic rings. The van der Waals surface area contributed by atoms with Gasteiger partial charge in [0.25, 0.3) is 0 Å². The second kappa shape index (κ2) is 8.02. The Balaban J connectivity index is 1.98. The highest BCUT2D eigenvalue weighted by atomic mass is 16.7. The standard InChI is InChI=1S/C22H24O3/c1-3-5-8-13-24-22(23)25-21-19-10-7-6-9-17(19)15-18-12-11-16(4-2)14-20(18)21/h6-7,9-12,14-15H,3-5,8,13H2,1-2H3. The largest absolute Gasteiger partial charge is 0.513 e. The van der Waals surface area contributed by atoms with Crippen LogP contribution in [-0.2, 0) is 11.2 Å². The molecule has 3 aromatic carbocycles. The predicted molar refractivity (Wildman–Crippen MR) is 102 cm³/mol. The van der Waals surface area contributed by atoms with Gasteiger partial charge in [-0.3, -0.25) is 0 Å². The number of fused-ring (bicyclic) bond motifs is 2. The van der Waals surface area contributed by atoms with Crippen molar-refractivity contribution >= 4 is 27.7 Å². The summed E-state index contributed by atoms with van der Waals surface area (Å²) in [5.41, 5.74) is 1.21. The Kier molecular flexibility index (Phi) is 5.54. The van der Waals surface area contributed by atoms with Crippen LogP contribution in [0.4, 0.5) is 4.79 Å². The van der Waals surface area contributed by atoms with E-state index in [9.17, 15) is 4.79 Å². The molecule has 0 amide bonds. The number of ether oxygens (including phenoxy) is 2. The quantitative estimate of drug-likeness (QED) is 0.231. The van der Waals surface area contributed by atoms with Crippen molar-refractivity contribution in [2.45, 2.75) is 39.5 Å². The Morgan fingerprint density at radius 3 is 2.52 bits per heavy atom. The maximum Gasteiger partial charge on any atom is 0.513 e. The number of hydrogen-bond donors (Lipinski definition) is 0. The lowest BCUT2D eigenvalue weighted by Gasteiger charge is -2.13. The minimum atomic E-state index is -0.629. The van der Waals surface area contributed by atoms with Crippen molar-refractivity contribution < 1.29 is 14.3 Å². The lowest BCUT2D eigenvalue weighted by atomic mass is 9.99. The van der Waals surface area contributed by atoms with E-state index in [1.54, 1.807) is 0 Å². The first kappa shape index (κ1) is 17.3. The van der Waals surface area contributed by atoms with Crippen LogP contribution in [0.2, 0.25) is 0 Å².